The summed E-state index contributed by atoms with van der Waals surface area (Å²) >= 11 is 0. The van der Waals surface area contributed by atoms with E-state index in [-0.39, 0.29) is 0 Å². The fraction of sp³-hybridized carbons (Fsp3) is 0.579. The number of piperidine rings is 1. The predicted molar refractivity (Wildman–Crippen MR) is 88.9 cm³/mol. The SMILES string of the molecule is CCCn1cc2c3c(cccc31)[C@@H]1C[C@H](C)CN(C)[C@@H]1C2. The van der Waals surface area contributed by atoms with Crippen molar-refractivity contribution in [3.63, 3.8) is 0 Å². The van der Waals surface area contributed by atoms with Gasteiger partial charge in [0.1, 0.15) is 0 Å². The van der Waals surface area contributed by atoms with E-state index in [1.807, 2.05) is 0 Å². The Morgan fingerprint density at radius 3 is 2.95 bits per heavy atom. The number of likely N-dealkylation sites (N-methyl/N-ethyl adjacent to an activating group) is 1. The lowest BCUT2D eigenvalue weighted by molar-refractivity contribution is 0.119. The van der Waals surface area contributed by atoms with E-state index in [1.165, 1.54) is 31.3 Å². The third-order valence-electron chi connectivity index (χ3n) is 5.60. The standard InChI is InChI=1S/C19H26N2/c1-4-8-21-12-14-10-18-16(9-13(2)11-20(18)3)15-6-5-7-17(21)19(14)15/h5-7,12-13,16,18H,4,8-11H2,1-3H3/t13-,16-,18+/m0/s1. The number of aryl methyl sites for hydroxylation is 1. The van der Waals surface area contributed by atoms with Crippen molar-refractivity contribution in [2.24, 2.45) is 5.92 Å². The Balaban J connectivity index is 1.88. The van der Waals surface area contributed by atoms with E-state index in [0.29, 0.717) is 6.04 Å². The molecule has 3 atom stereocenters. The first-order valence-corrected chi connectivity index (χ1v) is 8.50. The molecule has 2 aromatic rings. The van der Waals surface area contributed by atoms with Crippen molar-refractivity contribution in [2.75, 3.05) is 13.6 Å². The lowest BCUT2D eigenvalue weighted by atomic mass is 9.73. The fourth-order valence-corrected chi connectivity index (χ4v) is 4.82. The van der Waals surface area contributed by atoms with Crippen LogP contribution in [-0.4, -0.2) is 29.1 Å². The van der Waals surface area contributed by atoms with Gasteiger partial charge in [-0.15, -0.1) is 0 Å². The first-order chi connectivity index (χ1) is 10.2. The average molecular weight is 282 g/mol. The molecule has 1 saturated heterocycles. The molecule has 1 fully saturated rings. The summed E-state index contributed by atoms with van der Waals surface area (Å²) in [4.78, 5) is 2.61. The molecular formula is C19H26N2. The van der Waals surface area contributed by atoms with Crippen molar-refractivity contribution in [1.82, 2.24) is 9.47 Å². The van der Waals surface area contributed by atoms with E-state index in [0.717, 1.165) is 18.4 Å². The van der Waals surface area contributed by atoms with Crippen LogP contribution >= 0.6 is 0 Å². The Labute approximate surface area is 127 Å². The Bertz CT molecular complexity index is 670. The third kappa shape index (κ3) is 1.96. The third-order valence-corrected chi connectivity index (χ3v) is 5.60. The number of fused-ring (bicyclic) bond motifs is 2. The smallest absolute Gasteiger partial charge is 0.0486 e. The lowest BCUT2D eigenvalue weighted by Gasteiger charge is -2.44. The molecule has 0 N–H and O–H groups in total. The first-order valence-electron chi connectivity index (χ1n) is 8.50. The summed E-state index contributed by atoms with van der Waals surface area (Å²) in [7, 11) is 2.32. The summed E-state index contributed by atoms with van der Waals surface area (Å²) < 4.78 is 2.48. The maximum Gasteiger partial charge on any atom is 0.0486 e. The van der Waals surface area contributed by atoms with Crippen molar-refractivity contribution in [2.45, 2.75) is 51.6 Å². The van der Waals surface area contributed by atoms with E-state index in [4.69, 9.17) is 0 Å². The van der Waals surface area contributed by atoms with Crippen molar-refractivity contribution < 1.29 is 0 Å². The molecule has 2 aliphatic rings. The highest BCUT2D eigenvalue weighted by Gasteiger charge is 2.38. The quantitative estimate of drug-likeness (QED) is 0.807. The summed E-state index contributed by atoms with van der Waals surface area (Å²) in [5, 5.41) is 1.58. The monoisotopic (exact) mass is 282 g/mol. The van der Waals surface area contributed by atoms with Crippen LogP contribution in [0.1, 0.15) is 43.7 Å². The molecule has 0 saturated carbocycles. The molecule has 0 amide bonds. The van der Waals surface area contributed by atoms with Crippen molar-refractivity contribution >= 4 is 10.9 Å². The molecule has 0 bridgehead atoms. The van der Waals surface area contributed by atoms with Crippen molar-refractivity contribution in [3.8, 4) is 0 Å². The maximum atomic E-state index is 2.61. The second-order valence-corrected chi connectivity index (χ2v) is 7.25. The topological polar surface area (TPSA) is 8.17 Å². The first kappa shape index (κ1) is 13.4. The van der Waals surface area contributed by atoms with Crippen LogP contribution in [0.15, 0.2) is 24.4 Å². The van der Waals surface area contributed by atoms with Gasteiger partial charge < -0.3 is 9.47 Å². The largest absolute Gasteiger partial charge is 0.347 e. The number of likely N-dealkylation sites (tertiary alicyclic amines) is 1. The van der Waals surface area contributed by atoms with E-state index in [9.17, 15) is 0 Å². The number of benzene rings is 1. The number of nitrogens with zero attached hydrogens (tertiary/aromatic N) is 2. The second kappa shape index (κ2) is 4.88. The van der Waals surface area contributed by atoms with E-state index in [2.05, 4.69) is 54.8 Å². The molecule has 1 aromatic carbocycles. The molecule has 4 rings (SSSR count). The molecule has 2 heteroatoms. The van der Waals surface area contributed by atoms with Gasteiger partial charge in [0.05, 0.1) is 0 Å². The Morgan fingerprint density at radius 2 is 2.14 bits per heavy atom. The zero-order valence-corrected chi connectivity index (χ0v) is 13.5. The van der Waals surface area contributed by atoms with Crippen LogP contribution in [0.3, 0.4) is 0 Å². The minimum atomic E-state index is 0.705. The van der Waals surface area contributed by atoms with Gasteiger partial charge in [0.25, 0.3) is 0 Å². The number of rotatable bonds is 2. The van der Waals surface area contributed by atoms with E-state index >= 15 is 0 Å². The minimum absolute atomic E-state index is 0.705. The highest BCUT2D eigenvalue weighted by Crippen LogP contribution is 2.44. The summed E-state index contributed by atoms with van der Waals surface area (Å²) in [6.45, 7) is 7.07. The highest BCUT2D eigenvalue weighted by atomic mass is 15.1. The van der Waals surface area contributed by atoms with Gasteiger partial charge >= 0.3 is 0 Å². The van der Waals surface area contributed by atoms with Crippen LogP contribution in [0.25, 0.3) is 10.9 Å². The molecule has 21 heavy (non-hydrogen) atoms. The van der Waals surface area contributed by atoms with Gasteiger partial charge in [-0.1, -0.05) is 26.0 Å². The molecule has 1 aliphatic heterocycles. The number of aromatic nitrogens is 1. The summed E-state index contributed by atoms with van der Waals surface area (Å²) in [5.74, 6) is 1.54. The van der Waals surface area contributed by atoms with E-state index in [1.54, 1.807) is 16.5 Å². The zero-order chi connectivity index (χ0) is 14.6. The molecule has 2 heterocycles. The maximum absolute atomic E-state index is 2.61. The molecule has 0 radical (unpaired) electrons. The van der Waals surface area contributed by atoms with Crippen LogP contribution in [0.2, 0.25) is 0 Å². The summed E-state index contributed by atoms with van der Waals surface area (Å²) in [6.07, 6.45) is 6.22. The average Bonchev–Trinajstić information content (AvgIpc) is 2.81. The van der Waals surface area contributed by atoms with Crippen molar-refractivity contribution in [3.05, 3.63) is 35.5 Å². The van der Waals surface area contributed by atoms with Gasteiger partial charge in [0, 0.05) is 42.1 Å². The molecule has 1 aliphatic carbocycles. The minimum Gasteiger partial charge on any atom is -0.347 e. The predicted octanol–water partition coefficient (Wildman–Crippen LogP) is 4.03. The molecule has 0 spiro atoms. The zero-order valence-electron chi connectivity index (χ0n) is 13.5. The highest BCUT2D eigenvalue weighted by molar-refractivity contribution is 5.89. The fourth-order valence-electron chi connectivity index (χ4n) is 4.82. The van der Waals surface area contributed by atoms with Crippen LogP contribution in [0, 0.1) is 5.92 Å². The second-order valence-electron chi connectivity index (χ2n) is 7.25. The van der Waals surface area contributed by atoms with Crippen molar-refractivity contribution in [1.29, 1.82) is 0 Å². The molecule has 1 aromatic heterocycles. The normalized spacial score (nSPS) is 28.8. The Morgan fingerprint density at radius 1 is 1.29 bits per heavy atom. The molecular weight excluding hydrogens is 256 g/mol. The summed E-state index contributed by atoms with van der Waals surface area (Å²) in [5.41, 5.74) is 4.66. The molecule has 0 unspecified atom stereocenters. The van der Waals surface area contributed by atoms with Gasteiger partial charge in [-0.25, -0.2) is 0 Å². The molecule has 112 valence electrons. The van der Waals surface area contributed by atoms with Crippen LogP contribution in [0.5, 0.6) is 0 Å². The van der Waals surface area contributed by atoms with Gasteiger partial charge in [-0.3, -0.25) is 0 Å². The van der Waals surface area contributed by atoms with Gasteiger partial charge in [-0.05, 0) is 49.4 Å². The molecule has 2 nitrogen and oxygen atoms in total. The Hall–Kier alpha value is -1.28. The number of hydrogen-bond donors (Lipinski definition) is 0. The van der Waals surface area contributed by atoms with Crippen LogP contribution in [0.4, 0.5) is 0 Å². The number of hydrogen-bond acceptors (Lipinski definition) is 1. The van der Waals surface area contributed by atoms with Crippen LogP contribution in [-0.2, 0) is 13.0 Å². The van der Waals surface area contributed by atoms with Gasteiger partial charge in [0.15, 0.2) is 0 Å². The van der Waals surface area contributed by atoms with Gasteiger partial charge in [-0.2, -0.15) is 0 Å². The Kier molecular flexibility index (Phi) is 3.11. The lowest BCUT2D eigenvalue weighted by Crippen LogP contribution is -2.47. The van der Waals surface area contributed by atoms with E-state index < -0.39 is 0 Å². The van der Waals surface area contributed by atoms with Gasteiger partial charge in [0.2, 0.25) is 0 Å². The van der Waals surface area contributed by atoms with Crippen LogP contribution < -0.4 is 0 Å². The summed E-state index contributed by atoms with van der Waals surface area (Å²) in [6, 6.07) is 7.69.